The second kappa shape index (κ2) is 6.00. The van der Waals surface area contributed by atoms with Crippen LogP contribution in [0.5, 0.6) is 0 Å². The molecule has 23 heavy (non-hydrogen) atoms. The van der Waals surface area contributed by atoms with Crippen molar-refractivity contribution in [1.82, 2.24) is 0 Å². The Kier molecular flexibility index (Phi) is 4.04. The standard InChI is InChI=1S/C16H15FN2O3S/c17-12-3-5-13(6-4-12)18-23(21,22)15-9-7-14(8-10-15)19-11-1-2-16(19)20/h3-10,18H,1-2,11H2. The first-order valence-electron chi connectivity index (χ1n) is 7.14. The fourth-order valence-corrected chi connectivity index (χ4v) is 3.52. The zero-order valence-electron chi connectivity index (χ0n) is 12.2. The van der Waals surface area contributed by atoms with Crippen LogP contribution in [-0.4, -0.2) is 20.9 Å². The van der Waals surface area contributed by atoms with Crippen LogP contribution in [0.4, 0.5) is 15.8 Å². The Balaban J connectivity index is 1.80. The molecule has 0 unspecified atom stereocenters. The van der Waals surface area contributed by atoms with Crippen LogP contribution in [-0.2, 0) is 14.8 Å². The Morgan fingerprint density at radius 2 is 1.65 bits per heavy atom. The molecule has 1 aliphatic rings. The van der Waals surface area contributed by atoms with Gasteiger partial charge in [0.15, 0.2) is 0 Å². The number of hydrogen-bond donors (Lipinski definition) is 1. The summed E-state index contributed by atoms with van der Waals surface area (Å²) >= 11 is 0. The molecule has 1 saturated heterocycles. The number of nitrogens with zero attached hydrogens (tertiary/aromatic N) is 1. The highest BCUT2D eigenvalue weighted by Crippen LogP contribution is 2.24. The van der Waals surface area contributed by atoms with Gasteiger partial charge in [0, 0.05) is 24.3 Å². The van der Waals surface area contributed by atoms with Gasteiger partial charge in [0.05, 0.1) is 4.90 Å². The van der Waals surface area contributed by atoms with Crippen molar-refractivity contribution in [2.45, 2.75) is 17.7 Å². The number of halogens is 1. The fourth-order valence-electron chi connectivity index (χ4n) is 2.46. The second-order valence-electron chi connectivity index (χ2n) is 5.26. The smallest absolute Gasteiger partial charge is 0.261 e. The third kappa shape index (κ3) is 3.34. The molecule has 7 heteroatoms. The number of amides is 1. The highest BCUT2D eigenvalue weighted by Gasteiger charge is 2.22. The van der Waals surface area contributed by atoms with Crippen molar-refractivity contribution in [3.8, 4) is 0 Å². The van der Waals surface area contributed by atoms with Crippen LogP contribution in [0.15, 0.2) is 53.4 Å². The molecule has 0 atom stereocenters. The van der Waals surface area contributed by atoms with Gasteiger partial charge < -0.3 is 4.90 Å². The summed E-state index contributed by atoms with van der Waals surface area (Å²) in [6.07, 6.45) is 1.33. The quantitative estimate of drug-likeness (QED) is 0.935. The lowest BCUT2D eigenvalue weighted by atomic mass is 10.3. The summed E-state index contributed by atoms with van der Waals surface area (Å²) < 4.78 is 39.8. The zero-order valence-corrected chi connectivity index (χ0v) is 13.0. The molecule has 1 amide bonds. The Hall–Kier alpha value is -2.41. The molecule has 0 bridgehead atoms. The van der Waals surface area contributed by atoms with E-state index in [9.17, 15) is 17.6 Å². The van der Waals surface area contributed by atoms with Crippen molar-refractivity contribution in [3.05, 3.63) is 54.3 Å². The number of rotatable bonds is 4. The van der Waals surface area contributed by atoms with Gasteiger partial charge in [0.2, 0.25) is 5.91 Å². The van der Waals surface area contributed by atoms with Crippen molar-refractivity contribution in [2.24, 2.45) is 0 Å². The number of anilines is 2. The highest BCUT2D eigenvalue weighted by molar-refractivity contribution is 7.92. The summed E-state index contributed by atoms with van der Waals surface area (Å²) in [4.78, 5) is 13.4. The van der Waals surface area contributed by atoms with Crippen molar-refractivity contribution in [1.29, 1.82) is 0 Å². The van der Waals surface area contributed by atoms with Crippen LogP contribution in [0.25, 0.3) is 0 Å². The van der Waals surface area contributed by atoms with Crippen molar-refractivity contribution >= 4 is 27.3 Å². The van der Waals surface area contributed by atoms with Crippen LogP contribution in [0.1, 0.15) is 12.8 Å². The molecule has 0 aromatic heterocycles. The van der Waals surface area contributed by atoms with Crippen LogP contribution < -0.4 is 9.62 Å². The van der Waals surface area contributed by atoms with Gasteiger partial charge in [-0.2, -0.15) is 0 Å². The van der Waals surface area contributed by atoms with E-state index in [1.165, 1.54) is 36.4 Å². The molecule has 1 heterocycles. The Labute approximate surface area is 133 Å². The number of nitrogens with one attached hydrogen (secondary N) is 1. The maximum absolute atomic E-state index is 12.9. The number of hydrogen-bond acceptors (Lipinski definition) is 3. The van der Waals surface area contributed by atoms with E-state index in [1.807, 2.05) is 0 Å². The number of sulfonamides is 1. The van der Waals surface area contributed by atoms with Gasteiger partial charge in [0.1, 0.15) is 5.82 Å². The van der Waals surface area contributed by atoms with E-state index >= 15 is 0 Å². The van der Waals surface area contributed by atoms with Gasteiger partial charge >= 0.3 is 0 Å². The van der Waals surface area contributed by atoms with Gasteiger partial charge in [-0.15, -0.1) is 0 Å². The van der Waals surface area contributed by atoms with Crippen LogP contribution in [0, 0.1) is 5.82 Å². The molecule has 120 valence electrons. The molecule has 1 aliphatic heterocycles. The predicted molar refractivity (Wildman–Crippen MR) is 85.2 cm³/mol. The van der Waals surface area contributed by atoms with E-state index in [4.69, 9.17) is 0 Å². The summed E-state index contributed by atoms with van der Waals surface area (Å²) in [6.45, 7) is 0.652. The van der Waals surface area contributed by atoms with E-state index in [1.54, 1.807) is 17.0 Å². The SMILES string of the molecule is O=C1CCCN1c1ccc(S(=O)(=O)Nc2ccc(F)cc2)cc1. The van der Waals surface area contributed by atoms with E-state index in [0.29, 0.717) is 18.7 Å². The highest BCUT2D eigenvalue weighted by atomic mass is 32.2. The lowest BCUT2D eigenvalue weighted by Crippen LogP contribution is -2.23. The second-order valence-corrected chi connectivity index (χ2v) is 6.94. The molecule has 0 spiro atoms. The van der Waals surface area contributed by atoms with E-state index < -0.39 is 15.8 Å². The molecule has 3 rings (SSSR count). The summed E-state index contributed by atoms with van der Waals surface area (Å²) in [5.74, 6) is -0.391. The first-order chi connectivity index (χ1) is 11.0. The van der Waals surface area contributed by atoms with Gasteiger partial charge in [-0.25, -0.2) is 12.8 Å². The minimum absolute atomic E-state index is 0.0463. The third-order valence-electron chi connectivity index (χ3n) is 3.63. The summed E-state index contributed by atoms with van der Waals surface area (Å²) in [7, 11) is -3.76. The number of benzene rings is 2. The average Bonchev–Trinajstić information content (AvgIpc) is 2.96. The maximum atomic E-state index is 12.9. The van der Waals surface area contributed by atoms with Gasteiger partial charge in [0.25, 0.3) is 10.0 Å². The van der Waals surface area contributed by atoms with E-state index in [-0.39, 0.29) is 16.5 Å². The van der Waals surface area contributed by atoms with Crippen molar-refractivity contribution in [2.75, 3.05) is 16.2 Å². The first kappa shape index (κ1) is 15.5. The molecular weight excluding hydrogens is 319 g/mol. The lowest BCUT2D eigenvalue weighted by molar-refractivity contribution is -0.117. The molecule has 5 nitrogen and oxygen atoms in total. The van der Waals surface area contributed by atoms with Crippen LogP contribution in [0.3, 0.4) is 0 Å². The number of carbonyl (C=O) groups is 1. The monoisotopic (exact) mass is 334 g/mol. The molecular formula is C16H15FN2O3S. The van der Waals surface area contributed by atoms with Gasteiger partial charge in [-0.1, -0.05) is 0 Å². The summed E-state index contributed by atoms with van der Waals surface area (Å²) in [6, 6.07) is 11.2. The average molecular weight is 334 g/mol. The van der Waals surface area contributed by atoms with Crippen molar-refractivity contribution < 1.29 is 17.6 Å². The fraction of sp³-hybridized carbons (Fsp3) is 0.188. The Morgan fingerprint density at radius 3 is 2.22 bits per heavy atom. The molecule has 1 fully saturated rings. The van der Waals surface area contributed by atoms with Crippen LogP contribution >= 0.6 is 0 Å². The topological polar surface area (TPSA) is 66.5 Å². The number of carbonyl (C=O) groups excluding carboxylic acids is 1. The zero-order chi connectivity index (χ0) is 16.4. The normalized spacial score (nSPS) is 15.0. The Morgan fingerprint density at radius 1 is 1.00 bits per heavy atom. The molecule has 1 N–H and O–H groups in total. The molecule has 2 aromatic carbocycles. The molecule has 0 aliphatic carbocycles. The van der Waals surface area contributed by atoms with E-state index in [0.717, 1.165) is 6.42 Å². The maximum Gasteiger partial charge on any atom is 0.261 e. The first-order valence-corrected chi connectivity index (χ1v) is 8.63. The Bertz CT molecular complexity index is 817. The predicted octanol–water partition coefficient (Wildman–Crippen LogP) is 2.75. The van der Waals surface area contributed by atoms with Gasteiger partial charge in [-0.05, 0) is 55.0 Å². The minimum Gasteiger partial charge on any atom is -0.312 e. The lowest BCUT2D eigenvalue weighted by Gasteiger charge is -2.16. The van der Waals surface area contributed by atoms with Gasteiger partial charge in [-0.3, -0.25) is 9.52 Å². The molecule has 0 radical (unpaired) electrons. The van der Waals surface area contributed by atoms with Crippen LogP contribution in [0.2, 0.25) is 0 Å². The van der Waals surface area contributed by atoms with Crippen molar-refractivity contribution in [3.63, 3.8) is 0 Å². The largest absolute Gasteiger partial charge is 0.312 e. The molecule has 2 aromatic rings. The minimum atomic E-state index is -3.76. The summed E-state index contributed by atoms with van der Waals surface area (Å²) in [5.41, 5.74) is 0.971. The molecule has 0 saturated carbocycles. The summed E-state index contributed by atoms with van der Waals surface area (Å²) in [5, 5.41) is 0. The van der Waals surface area contributed by atoms with E-state index in [2.05, 4.69) is 4.72 Å². The third-order valence-corrected chi connectivity index (χ3v) is 5.03.